The lowest BCUT2D eigenvalue weighted by Crippen LogP contribution is -2.18. The third-order valence-corrected chi connectivity index (χ3v) is 4.30. The maximum Gasteiger partial charge on any atom is 0.146 e. The third kappa shape index (κ3) is 3.13. The van der Waals surface area contributed by atoms with Gasteiger partial charge in [-0.3, -0.25) is 4.79 Å². The molecule has 0 atom stereocenters. The van der Waals surface area contributed by atoms with Crippen molar-refractivity contribution in [1.29, 1.82) is 0 Å². The Bertz CT molecular complexity index is 646. The van der Waals surface area contributed by atoms with Crippen LogP contribution in [0.3, 0.4) is 0 Å². The van der Waals surface area contributed by atoms with Crippen molar-refractivity contribution in [1.82, 2.24) is 0 Å². The molecule has 0 aliphatic heterocycles. The maximum absolute atomic E-state index is 10.9. The van der Waals surface area contributed by atoms with Gasteiger partial charge in [-0.05, 0) is 41.7 Å². The number of rotatable bonds is 4. The minimum absolute atomic E-state index is 0.0306. The molecular formula is C20H22O. The summed E-state index contributed by atoms with van der Waals surface area (Å²) in [6, 6.07) is 19.0. The van der Waals surface area contributed by atoms with E-state index in [9.17, 15) is 4.79 Å². The molecule has 0 aliphatic rings. The molecule has 21 heavy (non-hydrogen) atoms. The van der Waals surface area contributed by atoms with E-state index in [1.54, 1.807) is 0 Å². The molecule has 0 aromatic heterocycles. The van der Waals surface area contributed by atoms with Crippen LogP contribution in [0.25, 0.3) is 5.57 Å². The van der Waals surface area contributed by atoms with Crippen LogP contribution in [0.2, 0.25) is 0 Å². The first-order chi connectivity index (χ1) is 9.96. The molecule has 108 valence electrons. The molecule has 0 amide bonds. The van der Waals surface area contributed by atoms with Crippen LogP contribution < -0.4 is 0 Å². The quantitative estimate of drug-likeness (QED) is 0.568. The lowest BCUT2D eigenvalue weighted by atomic mass is 9.78. The first-order valence-corrected chi connectivity index (χ1v) is 7.26. The Labute approximate surface area is 127 Å². The van der Waals surface area contributed by atoms with Crippen LogP contribution >= 0.6 is 0 Å². The minimum Gasteiger partial charge on any atom is -0.298 e. The van der Waals surface area contributed by atoms with Crippen LogP contribution in [-0.4, -0.2) is 6.29 Å². The zero-order valence-electron chi connectivity index (χ0n) is 13.2. The van der Waals surface area contributed by atoms with Gasteiger partial charge in [-0.25, -0.2) is 0 Å². The minimum atomic E-state index is -0.0306. The van der Waals surface area contributed by atoms with E-state index in [0.29, 0.717) is 0 Å². The van der Waals surface area contributed by atoms with Crippen LogP contribution in [0, 0.1) is 0 Å². The normalized spacial score (nSPS) is 12.8. The summed E-state index contributed by atoms with van der Waals surface area (Å²) >= 11 is 0. The highest BCUT2D eigenvalue weighted by molar-refractivity contribution is 5.86. The van der Waals surface area contributed by atoms with Crippen molar-refractivity contribution in [3.63, 3.8) is 0 Å². The Hall–Kier alpha value is -2.15. The fourth-order valence-electron chi connectivity index (χ4n) is 2.47. The summed E-state index contributed by atoms with van der Waals surface area (Å²) in [4.78, 5) is 10.9. The number of carbonyl (C=O) groups excluding carboxylic acids is 1. The van der Waals surface area contributed by atoms with Crippen LogP contribution in [0.1, 0.15) is 44.4 Å². The lowest BCUT2D eigenvalue weighted by Gasteiger charge is -2.26. The van der Waals surface area contributed by atoms with Gasteiger partial charge in [0.15, 0.2) is 0 Å². The van der Waals surface area contributed by atoms with Crippen LogP contribution in [0.15, 0.2) is 60.2 Å². The number of hydrogen-bond acceptors (Lipinski definition) is 1. The molecule has 2 aromatic rings. The standard InChI is InChI=1S/C20H22O/c1-15(14-21)16(2)17-10-12-19(13-11-17)20(3,4)18-8-6-5-7-9-18/h5-14H,1-4H3/b16-15+. The van der Waals surface area contributed by atoms with Gasteiger partial charge in [-0.2, -0.15) is 0 Å². The van der Waals surface area contributed by atoms with Gasteiger partial charge in [0, 0.05) is 5.41 Å². The van der Waals surface area contributed by atoms with Crippen LogP contribution in [0.4, 0.5) is 0 Å². The maximum atomic E-state index is 10.9. The van der Waals surface area contributed by atoms with Gasteiger partial charge in [0.25, 0.3) is 0 Å². The topological polar surface area (TPSA) is 17.1 Å². The average Bonchev–Trinajstić information content (AvgIpc) is 2.54. The summed E-state index contributed by atoms with van der Waals surface area (Å²) in [5.74, 6) is 0. The summed E-state index contributed by atoms with van der Waals surface area (Å²) in [7, 11) is 0. The van der Waals surface area contributed by atoms with Gasteiger partial charge in [0.1, 0.15) is 6.29 Å². The summed E-state index contributed by atoms with van der Waals surface area (Å²) in [5, 5.41) is 0. The molecule has 0 saturated carbocycles. The fourth-order valence-corrected chi connectivity index (χ4v) is 2.47. The van der Waals surface area contributed by atoms with Crippen molar-refractivity contribution in [3.05, 3.63) is 76.9 Å². The molecule has 0 N–H and O–H groups in total. The van der Waals surface area contributed by atoms with Gasteiger partial charge >= 0.3 is 0 Å². The molecule has 0 radical (unpaired) electrons. The number of aldehydes is 1. The first kappa shape index (κ1) is 15.2. The first-order valence-electron chi connectivity index (χ1n) is 7.26. The third-order valence-electron chi connectivity index (χ3n) is 4.30. The van der Waals surface area contributed by atoms with Crippen molar-refractivity contribution in [2.45, 2.75) is 33.1 Å². The second-order valence-electron chi connectivity index (χ2n) is 5.99. The molecule has 0 bridgehead atoms. The molecule has 0 spiro atoms. The van der Waals surface area contributed by atoms with E-state index in [1.165, 1.54) is 11.1 Å². The molecule has 1 heteroatoms. The number of allylic oxidation sites excluding steroid dienone is 2. The SMILES string of the molecule is C/C(C=O)=C(/C)c1ccc(C(C)(C)c2ccccc2)cc1. The van der Waals surface area contributed by atoms with Crippen LogP contribution in [0.5, 0.6) is 0 Å². The van der Waals surface area contributed by atoms with Gasteiger partial charge in [-0.1, -0.05) is 68.4 Å². The van der Waals surface area contributed by atoms with E-state index in [2.05, 4.69) is 62.4 Å². The Balaban J connectivity index is 2.37. The zero-order chi connectivity index (χ0) is 15.5. The van der Waals surface area contributed by atoms with E-state index in [0.717, 1.165) is 23.0 Å². The highest BCUT2D eigenvalue weighted by Gasteiger charge is 2.22. The van der Waals surface area contributed by atoms with Crippen molar-refractivity contribution >= 4 is 11.9 Å². The molecule has 0 saturated heterocycles. The molecule has 2 rings (SSSR count). The predicted octanol–water partition coefficient (Wildman–Crippen LogP) is 5.00. The summed E-state index contributed by atoms with van der Waals surface area (Å²) in [6.07, 6.45) is 0.914. The summed E-state index contributed by atoms with van der Waals surface area (Å²) in [5.41, 5.74) is 5.46. The van der Waals surface area contributed by atoms with Gasteiger partial charge < -0.3 is 0 Å². The number of carbonyl (C=O) groups is 1. The Morgan fingerprint density at radius 2 is 1.38 bits per heavy atom. The van der Waals surface area contributed by atoms with Crippen LogP contribution in [-0.2, 0) is 10.2 Å². The molecular weight excluding hydrogens is 256 g/mol. The average molecular weight is 278 g/mol. The van der Waals surface area contributed by atoms with Crippen molar-refractivity contribution < 1.29 is 4.79 Å². The Kier molecular flexibility index (Phi) is 4.42. The summed E-state index contributed by atoms with van der Waals surface area (Å²) in [6.45, 7) is 8.30. The molecule has 0 aliphatic carbocycles. The smallest absolute Gasteiger partial charge is 0.146 e. The van der Waals surface area contributed by atoms with E-state index in [4.69, 9.17) is 0 Å². The highest BCUT2D eigenvalue weighted by atomic mass is 16.1. The van der Waals surface area contributed by atoms with Crippen molar-refractivity contribution in [2.24, 2.45) is 0 Å². The predicted molar refractivity (Wildman–Crippen MR) is 89.3 cm³/mol. The fraction of sp³-hybridized carbons (Fsp3) is 0.250. The second kappa shape index (κ2) is 6.09. The van der Waals surface area contributed by atoms with E-state index >= 15 is 0 Å². The van der Waals surface area contributed by atoms with E-state index < -0.39 is 0 Å². The number of benzene rings is 2. The molecule has 0 fully saturated rings. The second-order valence-corrected chi connectivity index (χ2v) is 5.99. The Morgan fingerprint density at radius 1 is 0.857 bits per heavy atom. The lowest BCUT2D eigenvalue weighted by molar-refractivity contribution is -0.104. The largest absolute Gasteiger partial charge is 0.298 e. The Morgan fingerprint density at radius 3 is 1.90 bits per heavy atom. The van der Waals surface area contributed by atoms with Gasteiger partial charge in [-0.15, -0.1) is 0 Å². The van der Waals surface area contributed by atoms with Gasteiger partial charge in [0.05, 0.1) is 0 Å². The molecule has 2 aromatic carbocycles. The monoisotopic (exact) mass is 278 g/mol. The number of hydrogen-bond donors (Lipinski definition) is 0. The molecule has 0 heterocycles. The molecule has 0 unspecified atom stereocenters. The van der Waals surface area contributed by atoms with Crippen molar-refractivity contribution in [3.8, 4) is 0 Å². The van der Waals surface area contributed by atoms with Crippen molar-refractivity contribution in [2.75, 3.05) is 0 Å². The van der Waals surface area contributed by atoms with Gasteiger partial charge in [0.2, 0.25) is 0 Å². The summed E-state index contributed by atoms with van der Waals surface area (Å²) < 4.78 is 0. The molecule has 1 nitrogen and oxygen atoms in total. The highest BCUT2D eigenvalue weighted by Crippen LogP contribution is 2.32. The van der Waals surface area contributed by atoms with E-state index in [-0.39, 0.29) is 5.41 Å². The zero-order valence-corrected chi connectivity index (χ0v) is 13.2. The van der Waals surface area contributed by atoms with E-state index in [1.807, 2.05) is 19.9 Å².